The number of piperidine rings is 1. The van der Waals surface area contributed by atoms with Crippen LogP contribution < -0.4 is 4.72 Å². The van der Waals surface area contributed by atoms with Crippen molar-refractivity contribution in [2.75, 3.05) is 19.7 Å². The average molecular weight is 419 g/mol. The second-order valence-electron chi connectivity index (χ2n) is 7.34. The largest absolute Gasteiger partial charge is 0.396 e. The summed E-state index contributed by atoms with van der Waals surface area (Å²) in [5, 5.41) is 19.3. The molecule has 0 bridgehead atoms. The van der Waals surface area contributed by atoms with Gasteiger partial charge in [0.15, 0.2) is 0 Å². The van der Waals surface area contributed by atoms with Crippen molar-refractivity contribution in [3.8, 4) is 0 Å². The van der Waals surface area contributed by atoms with Gasteiger partial charge in [-0.2, -0.15) is 0 Å². The second kappa shape index (κ2) is 9.04. The maximum atomic E-state index is 12.8. The highest BCUT2D eigenvalue weighted by molar-refractivity contribution is 7.89. The molecule has 2 unspecified atom stereocenters. The van der Waals surface area contributed by atoms with E-state index in [2.05, 4.69) is 4.72 Å². The van der Waals surface area contributed by atoms with Gasteiger partial charge in [0.1, 0.15) is 0 Å². The van der Waals surface area contributed by atoms with E-state index in [1.54, 1.807) is 19.1 Å². The van der Waals surface area contributed by atoms with Crippen LogP contribution in [0, 0.1) is 12.8 Å². The zero-order valence-electron chi connectivity index (χ0n) is 16.3. The zero-order chi connectivity index (χ0) is 21.0. The third-order valence-corrected chi connectivity index (χ3v) is 6.82. The van der Waals surface area contributed by atoms with Crippen molar-refractivity contribution in [1.29, 1.82) is 0 Å². The summed E-state index contributed by atoms with van der Waals surface area (Å²) in [5.74, 6) is -0.574. The van der Waals surface area contributed by atoms with Crippen LogP contribution in [0.25, 0.3) is 0 Å². The topological polar surface area (TPSA) is 107 Å². The Balaban J connectivity index is 1.77. The van der Waals surface area contributed by atoms with Gasteiger partial charge in [0, 0.05) is 37.7 Å². The fourth-order valence-corrected chi connectivity index (χ4v) is 4.72. The molecular formula is C21H26N2O5S. The summed E-state index contributed by atoms with van der Waals surface area (Å²) in [5.41, 5.74) is 1.63. The van der Waals surface area contributed by atoms with Crippen molar-refractivity contribution in [2.24, 2.45) is 5.92 Å². The number of aliphatic hydroxyl groups excluding tert-OH is 2. The number of β-amino-alcohol motifs (C(OH)–C–C–N with tert-alkyl or cyclic N) is 1. The molecule has 3 rings (SSSR count). The van der Waals surface area contributed by atoms with Gasteiger partial charge < -0.3 is 15.1 Å². The molecule has 1 amide bonds. The van der Waals surface area contributed by atoms with Crippen LogP contribution in [0.2, 0.25) is 0 Å². The van der Waals surface area contributed by atoms with E-state index in [1.165, 1.54) is 11.0 Å². The van der Waals surface area contributed by atoms with Crippen LogP contribution in [0.5, 0.6) is 0 Å². The van der Waals surface area contributed by atoms with Crippen molar-refractivity contribution < 1.29 is 23.4 Å². The quantitative estimate of drug-likeness (QED) is 0.655. The third-order valence-electron chi connectivity index (χ3n) is 5.28. The van der Waals surface area contributed by atoms with Crippen molar-refractivity contribution in [3.63, 3.8) is 0 Å². The molecule has 0 aliphatic carbocycles. The molecule has 7 nitrogen and oxygen atoms in total. The smallest absolute Gasteiger partial charge is 0.253 e. The number of nitrogens with zero attached hydrogens (tertiary/aromatic N) is 1. The summed E-state index contributed by atoms with van der Waals surface area (Å²) in [6.07, 6.45) is -0.294. The van der Waals surface area contributed by atoms with Gasteiger partial charge in [-0.1, -0.05) is 36.4 Å². The van der Waals surface area contributed by atoms with Gasteiger partial charge in [-0.15, -0.1) is 0 Å². The monoisotopic (exact) mass is 418 g/mol. The highest BCUT2D eigenvalue weighted by Gasteiger charge is 2.30. The summed E-state index contributed by atoms with van der Waals surface area (Å²) in [7, 11) is -3.80. The molecule has 0 saturated carbocycles. The Kier molecular flexibility index (Phi) is 6.69. The first-order chi connectivity index (χ1) is 13.8. The molecule has 1 aliphatic heterocycles. The number of benzene rings is 2. The Morgan fingerprint density at radius 1 is 1.21 bits per heavy atom. The number of hydrogen-bond acceptors (Lipinski definition) is 5. The van der Waals surface area contributed by atoms with Gasteiger partial charge in [-0.05, 0) is 36.6 Å². The minimum absolute atomic E-state index is 0.0603. The Labute approximate surface area is 171 Å². The average Bonchev–Trinajstić information content (AvgIpc) is 2.72. The van der Waals surface area contributed by atoms with Crippen LogP contribution in [0.4, 0.5) is 0 Å². The van der Waals surface area contributed by atoms with Crippen molar-refractivity contribution in [3.05, 3.63) is 65.2 Å². The normalized spacial score (nSPS) is 19.9. The van der Waals surface area contributed by atoms with Crippen LogP contribution in [-0.4, -0.2) is 55.2 Å². The molecule has 1 fully saturated rings. The predicted molar refractivity (Wildman–Crippen MR) is 109 cm³/mol. The lowest BCUT2D eigenvalue weighted by atomic mass is 9.94. The molecule has 2 aromatic carbocycles. The van der Waals surface area contributed by atoms with Gasteiger partial charge in [0.05, 0.1) is 11.0 Å². The fraction of sp³-hybridized carbons (Fsp3) is 0.381. The molecule has 0 spiro atoms. The highest BCUT2D eigenvalue weighted by Crippen LogP contribution is 2.22. The van der Waals surface area contributed by atoms with Gasteiger partial charge in [-0.25, -0.2) is 13.1 Å². The summed E-state index contributed by atoms with van der Waals surface area (Å²) in [6, 6.07) is 13.8. The van der Waals surface area contributed by atoms with E-state index in [4.69, 9.17) is 0 Å². The van der Waals surface area contributed by atoms with E-state index in [0.717, 1.165) is 5.56 Å². The van der Waals surface area contributed by atoms with Crippen LogP contribution >= 0.6 is 0 Å². The number of aryl methyl sites for hydroxylation is 1. The molecule has 2 aromatic rings. The molecule has 8 heteroatoms. The number of amides is 1. The highest BCUT2D eigenvalue weighted by atomic mass is 32.2. The molecule has 3 N–H and O–H groups in total. The van der Waals surface area contributed by atoms with Crippen molar-refractivity contribution >= 4 is 15.9 Å². The maximum absolute atomic E-state index is 12.8. The SMILES string of the molecule is Cc1ccc(C(=O)N2CCC(CO)C(O)C2)cc1S(=O)(=O)NCc1ccccc1. The fourth-order valence-electron chi connectivity index (χ4n) is 3.43. The molecule has 156 valence electrons. The third kappa shape index (κ3) is 5.02. The van der Waals surface area contributed by atoms with E-state index in [1.807, 2.05) is 30.3 Å². The standard InChI is InChI=1S/C21H26N2O5S/c1-15-7-8-17(21(26)23-10-9-18(14-24)19(25)13-23)11-20(15)29(27,28)22-12-16-5-3-2-4-6-16/h2-8,11,18-19,22,24-25H,9-10,12-14H2,1H3. The number of rotatable bonds is 6. The number of sulfonamides is 1. The lowest BCUT2D eigenvalue weighted by molar-refractivity contribution is 0.000865. The molecule has 0 radical (unpaired) electrons. The van der Waals surface area contributed by atoms with Crippen LogP contribution in [0.1, 0.15) is 27.9 Å². The number of likely N-dealkylation sites (tertiary alicyclic amines) is 1. The van der Waals surface area contributed by atoms with E-state index in [9.17, 15) is 23.4 Å². The number of nitrogens with one attached hydrogen (secondary N) is 1. The van der Waals surface area contributed by atoms with Crippen LogP contribution in [0.15, 0.2) is 53.4 Å². The predicted octanol–water partition coefficient (Wildman–Crippen LogP) is 1.29. The second-order valence-corrected chi connectivity index (χ2v) is 9.08. The zero-order valence-corrected chi connectivity index (χ0v) is 17.1. The first kappa shape index (κ1) is 21.4. The van der Waals surface area contributed by atoms with Crippen LogP contribution in [-0.2, 0) is 16.6 Å². The number of carbonyl (C=O) groups excluding carboxylic acids is 1. The molecule has 1 heterocycles. The minimum Gasteiger partial charge on any atom is -0.396 e. The summed E-state index contributed by atoms with van der Waals surface area (Å²) >= 11 is 0. The maximum Gasteiger partial charge on any atom is 0.253 e. The lowest BCUT2D eigenvalue weighted by Gasteiger charge is -2.35. The summed E-state index contributed by atoms with van der Waals surface area (Å²) in [4.78, 5) is 14.4. The van der Waals surface area contributed by atoms with E-state index in [-0.39, 0.29) is 42.0 Å². The molecule has 1 aliphatic rings. The Morgan fingerprint density at radius 2 is 1.93 bits per heavy atom. The lowest BCUT2D eigenvalue weighted by Crippen LogP contribution is -2.47. The number of carbonyl (C=O) groups is 1. The number of hydrogen-bond donors (Lipinski definition) is 3. The molecule has 2 atom stereocenters. The number of aliphatic hydroxyl groups is 2. The first-order valence-electron chi connectivity index (χ1n) is 9.54. The van der Waals surface area contributed by atoms with E-state index >= 15 is 0 Å². The molecule has 29 heavy (non-hydrogen) atoms. The van der Waals surface area contributed by atoms with Gasteiger partial charge in [-0.3, -0.25) is 4.79 Å². The first-order valence-corrected chi connectivity index (χ1v) is 11.0. The Morgan fingerprint density at radius 3 is 2.59 bits per heavy atom. The minimum atomic E-state index is -3.80. The summed E-state index contributed by atoms with van der Waals surface area (Å²) < 4.78 is 28.2. The molecular weight excluding hydrogens is 392 g/mol. The van der Waals surface area contributed by atoms with Crippen LogP contribution in [0.3, 0.4) is 0 Å². The Hall–Kier alpha value is -2.26. The van der Waals surface area contributed by atoms with Crippen molar-refractivity contribution in [2.45, 2.75) is 30.9 Å². The van der Waals surface area contributed by atoms with E-state index < -0.39 is 16.1 Å². The Bertz CT molecular complexity index is 962. The van der Waals surface area contributed by atoms with Gasteiger partial charge in [0.2, 0.25) is 10.0 Å². The van der Waals surface area contributed by atoms with Crippen molar-refractivity contribution in [1.82, 2.24) is 9.62 Å². The van der Waals surface area contributed by atoms with E-state index in [0.29, 0.717) is 18.5 Å². The van der Waals surface area contributed by atoms with Gasteiger partial charge in [0.25, 0.3) is 5.91 Å². The molecule has 0 aromatic heterocycles. The molecule has 1 saturated heterocycles. The van der Waals surface area contributed by atoms with Gasteiger partial charge >= 0.3 is 0 Å². The summed E-state index contributed by atoms with van der Waals surface area (Å²) in [6.45, 7) is 2.24.